The molecule has 0 spiro atoms. The highest BCUT2D eigenvalue weighted by Crippen LogP contribution is 2.23. The first-order chi connectivity index (χ1) is 5.12. The topological polar surface area (TPSA) is 40.5 Å². The van der Waals surface area contributed by atoms with Crippen LogP contribution in [-0.4, -0.2) is 27.7 Å². The highest BCUT2D eigenvalue weighted by molar-refractivity contribution is 9.26. The third-order valence-electron chi connectivity index (χ3n) is 0.322. The van der Waals surface area contributed by atoms with Crippen LogP contribution in [0, 0.1) is 0 Å². The van der Waals surface area contributed by atoms with Crippen molar-refractivity contribution in [3.8, 4) is 0 Å². The van der Waals surface area contributed by atoms with E-state index < -0.39 is 6.84 Å². The van der Waals surface area contributed by atoms with E-state index in [0.29, 0.717) is 10.7 Å². The van der Waals surface area contributed by atoms with Gasteiger partial charge in [-0.25, -0.2) is 0 Å². The maximum atomic E-state index is 8.61. The molecule has 0 aromatic carbocycles. The van der Waals surface area contributed by atoms with Crippen LogP contribution in [0.1, 0.15) is 0 Å². The Balaban J connectivity index is 0. The highest BCUT2D eigenvalue weighted by Gasteiger charge is 2.13. The molecule has 0 radical (unpaired) electrons. The molecule has 76 valence electrons. The summed E-state index contributed by atoms with van der Waals surface area (Å²) in [5.74, 6) is 0. The molecule has 0 aliphatic rings. The lowest BCUT2D eigenvalue weighted by Crippen LogP contribution is -2.09. The first-order valence-corrected chi connectivity index (χ1v) is 7.86. The summed E-state index contributed by atoms with van der Waals surface area (Å²) in [7, 11) is 0. The van der Waals surface area contributed by atoms with Gasteiger partial charge in [0, 0.05) is 0 Å². The molecule has 0 unspecified atom stereocenters. The molecule has 8 heteroatoms. The van der Waals surface area contributed by atoms with Crippen molar-refractivity contribution in [2.45, 2.75) is 6.84 Å². The third kappa shape index (κ3) is 23.0. The van der Waals surface area contributed by atoms with E-state index in [2.05, 4.69) is 95.6 Å². The van der Waals surface area contributed by atoms with Crippen molar-refractivity contribution in [1.82, 2.24) is 0 Å². The molecule has 0 amide bonds. The number of hydrogen-bond donors (Lipinski definition) is 2. The van der Waals surface area contributed by atoms with E-state index >= 15 is 0 Å². The van der Waals surface area contributed by atoms with Crippen LogP contribution in [0.3, 0.4) is 0 Å². The Hall–Kier alpha value is 2.80. The Kier molecular flexibility index (Phi) is 11.5. The minimum absolute atomic E-state index is 0.472. The summed E-state index contributed by atoms with van der Waals surface area (Å²) in [6.45, 7) is 0. The molecule has 0 bridgehead atoms. The van der Waals surface area contributed by atoms with Crippen molar-refractivity contribution in [2.24, 2.45) is 0 Å². The standard InChI is InChI=1S/2C2H3Br3O/c2*3-1-2(4,5)6/h2*6H,1H2. The van der Waals surface area contributed by atoms with Gasteiger partial charge < -0.3 is 10.2 Å². The summed E-state index contributed by atoms with van der Waals surface area (Å²) in [6.07, 6.45) is 0. The van der Waals surface area contributed by atoms with Crippen LogP contribution in [0.15, 0.2) is 0 Å². The van der Waals surface area contributed by atoms with Crippen LogP contribution in [0.25, 0.3) is 0 Å². The smallest absolute Gasteiger partial charge is 0.184 e. The highest BCUT2D eigenvalue weighted by atomic mass is 79.9. The van der Waals surface area contributed by atoms with Gasteiger partial charge in [-0.05, 0) is 63.7 Å². The maximum absolute atomic E-state index is 8.61. The third-order valence-corrected chi connectivity index (χ3v) is 6.08. The van der Waals surface area contributed by atoms with E-state index in [1.165, 1.54) is 0 Å². The fraction of sp³-hybridized carbons (Fsp3) is 1.00. The van der Waals surface area contributed by atoms with E-state index in [-0.39, 0.29) is 0 Å². The second-order valence-corrected chi connectivity index (χ2v) is 10.1. The molecule has 0 rings (SSSR count). The van der Waals surface area contributed by atoms with Crippen LogP contribution in [0.4, 0.5) is 0 Å². The first-order valence-electron chi connectivity index (χ1n) is 2.44. The zero-order valence-corrected chi connectivity index (χ0v) is 15.1. The fourth-order valence-electron chi connectivity index (χ4n) is 0. The van der Waals surface area contributed by atoms with E-state index in [1.807, 2.05) is 0 Å². The molecular formula is C4H6Br6O2. The van der Waals surface area contributed by atoms with Gasteiger partial charge in [-0.2, -0.15) is 0 Å². The van der Waals surface area contributed by atoms with Gasteiger partial charge in [0.25, 0.3) is 0 Å². The summed E-state index contributed by atoms with van der Waals surface area (Å²) in [4.78, 5) is 0. The van der Waals surface area contributed by atoms with E-state index in [4.69, 9.17) is 10.2 Å². The van der Waals surface area contributed by atoms with Crippen LogP contribution in [0.5, 0.6) is 0 Å². The molecule has 0 aromatic heterocycles. The minimum Gasteiger partial charge on any atom is -0.369 e. The first kappa shape index (κ1) is 17.2. The Bertz CT molecular complexity index is 91.1. The van der Waals surface area contributed by atoms with E-state index in [0.717, 1.165) is 0 Å². The normalized spacial score (nSPS) is 12.0. The van der Waals surface area contributed by atoms with Gasteiger partial charge in [-0.15, -0.1) is 0 Å². The lowest BCUT2D eigenvalue weighted by atomic mass is 10.9. The molecule has 0 saturated heterocycles. The van der Waals surface area contributed by atoms with E-state index in [9.17, 15) is 0 Å². The number of halogens is 6. The summed E-state index contributed by atoms with van der Waals surface area (Å²) >= 11 is 17.7. The molecule has 0 aliphatic heterocycles. The molecule has 0 fully saturated rings. The minimum atomic E-state index is -0.917. The van der Waals surface area contributed by atoms with Gasteiger partial charge in [0.1, 0.15) is 0 Å². The molecule has 0 heterocycles. The molecule has 12 heavy (non-hydrogen) atoms. The van der Waals surface area contributed by atoms with Crippen LogP contribution in [-0.2, 0) is 0 Å². The van der Waals surface area contributed by atoms with Crippen molar-refractivity contribution in [3.63, 3.8) is 0 Å². The average Bonchev–Trinajstić information content (AvgIpc) is 1.86. The van der Waals surface area contributed by atoms with Crippen molar-refractivity contribution in [2.75, 3.05) is 10.7 Å². The van der Waals surface area contributed by atoms with E-state index in [1.54, 1.807) is 0 Å². The number of rotatable bonds is 2. The number of aliphatic hydroxyl groups is 2. The molecule has 0 aliphatic carbocycles. The summed E-state index contributed by atoms with van der Waals surface area (Å²) in [5.41, 5.74) is 0. The van der Waals surface area contributed by atoms with Crippen molar-refractivity contribution in [3.05, 3.63) is 0 Å². The van der Waals surface area contributed by atoms with Crippen LogP contribution in [0.2, 0.25) is 0 Å². The Morgan fingerprint density at radius 2 is 0.833 bits per heavy atom. The number of alkyl halides is 6. The number of hydrogen-bond acceptors (Lipinski definition) is 2. The lowest BCUT2D eigenvalue weighted by molar-refractivity contribution is 0.271. The van der Waals surface area contributed by atoms with Crippen molar-refractivity contribution >= 4 is 95.6 Å². The second-order valence-electron chi connectivity index (χ2n) is 1.60. The molecule has 2 nitrogen and oxygen atoms in total. The van der Waals surface area contributed by atoms with Gasteiger partial charge in [0.2, 0.25) is 0 Å². The van der Waals surface area contributed by atoms with Crippen LogP contribution >= 0.6 is 95.6 Å². The van der Waals surface area contributed by atoms with Crippen molar-refractivity contribution < 1.29 is 10.2 Å². The maximum Gasteiger partial charge on any atom is 0.184 e. The van der Waals surface area contributed by atoms with Gasteiger partial charge >= 0.3 is 0 Å². The monoisotopic (exact) mass is 560 g/mol. The molecule has 0 saturated carbocycles. The average molecular weight is 566 g/mol. The quantitative estimate of drug-likeness (QED) is 0.503. The molecular weight excluding hydrogens is 559 g/mol. The van der Waals surface area contributed by atoms with Crippen LogP contribution < -0.4 is 0 Å². The Morgan fingerprint density at radius 1 is 0.750 bits per heavy atom. The zero-order valence-electron chi connectivity index (χ0n) is 5.58. The molecule has 0 atom stereocenters. The lowest BCUT2D eigenvalue weighted by Gasteiger charge is -2.04. The fourth-order valence-corrected chi connectivity index (χ4v) is 0. The summed E-state index contributed by atoms with van der Waals surface area (Å²) in [5, 5.41) is 18.2. The van der Waals surface area contributed by atoms with Gasteiger partial charge in [0.15, 0.2) is 6.84 Å². The predicted octanol–water partition coefficient (Wildman–Crippen LogP) is 3.63. The molecule has 2 N–H and O–H groups in total. The van der Waals surface area contributed by atoms with Crippen molar-refractivity contribution in [1.29, 1.82) is 0 Å². The van der Waals surface area contributed by atoms with Gasteiger partial charge in [0.05, 0.1) is 10.7 Å². The zero-order chi connectivity index (χ0) is 10.4. The Morgan fingerprint density at radius 3 is 0.833 bits per heavy atom. The van der Waals surface area contributed by atoms with Gasteiger partial charge in [-0.3, -0.25) is 0 Å². The van der Waals surface area contributed by atoms with Gasteiger partial charge in [-0.1, -0.05) is 31.9 Å². The summed E-state index contributed by atoms with van der Waals surface area (Å²) < 4.78 is -1.83. The largest absolute Gasteiger partial charge is 0.369 e. The Labute approximate surface area is 122 Å². The molecule has 0 aromatic rings. The summed E-state index contributed by atoms with van der Waals surface area (Å²) in [6, 6.07) is 0. The second kappa shape index (κ2) is 8.01. The predicted molar refractivity (Wildman–Crippen MR) is 73.2 cm³/mol. The SMILES string of the molecule is OC(Br)(Br)CBr.OC(Br)(Br)CBr.